The molecule has 0 amide bonds. The summed E-state index contributed by atoms with van der Waals surface area (Å²) in [5.74, 6) is -1.86. The van der Waals surface area contributed by atoms with Gasteiger partial charge in [0.15, 0.2) is 5.78 Å². The number of fused-ring (bicyclic) bond motifs is 1. The van der Waals surface area contributed by atoms with E-state index in [4.69, 9.17) is 10.5 Å². The van der Waals surface area contributed by atoms with Gasteiger partial charge in [0.1, 0.15) is 0 Å². The molecule has 0 bridgehead atoms. The molecule has 1 fully saturated rings. The second-order valence-corrected chi connectivity index (χ2v) is 5.45. The minimum Gasteiger partial charge on any atom is -0.478 e. The number of hydrogen-bond donors (Lipinski definition) is 2. The van der Waals surface area contributed by atoms with Gasteiger partial charge in [-0.25, -0.2) is 4.79 Å². The van der Waals surface area contributed by atoms with Crippen LogP contribution >= 0.6 is 11.8 Å². The third kappa shape index (κ3) is 2.04. The molecule has 1 saturated carbocycles. The highest BCUT2D eigenvalue weighted by atomic mass is 32.2. The number of carbonyl (C=O) groups excluding carboxylic acids is 2. The second kappa shape index (κ2) is 4.74. The fraction of sp³-hybridized carbons (Fsp3) is 0.545. The summed E-state index contributed by atoms with van der Waals surface area (Å²) < 4.78 is 4.84. The van der Waals surface area contributed by atoms with Crippen LogP contribution in [-0.4, -0.2) is 46.5 Å². The van der Waals surface area contributed by atoms with Crippen molar-refractivity contribution in [1.29, 1.82) is 0 Å². The lowest BCUT2D eigenvalue weighted by molar-refractivity contribution is -0.143. The quantitative estimate of drug-likeness (QED) is 0.671. The average Bonchev–Trinajstić information content (AvgIpc) is 2.33. The van der Waals surface area contributed by atoms with E-state index in [1.54, 1.807) is 0 Å². The normalized spacial score (nSPS) is 30.6. The largest absolute Gasteiger partial charge is 0.478 e. The van der Waals surface area contributed by atoms with Gasteiger partial charge >= 0.3 is 11.9 Å². The van der Waals surface area contributed by atoms with Crippen molar-refractivity contribution in [1.82, 2.24) is 0 Å². The van der Waals surface area contributed by atoms with Gasteiger partial charge in [-0.3, -0.25) is 9.59 Å². The first-order valence-corrected chi connectivity index (χ1v) is 6.50. The van der Waals surface area contributed by atoms with Crippen LogP contribution in [0.3, 0.4) is 0 Å². The molecule has 0 radical (unpaired) electrons. The number of carboxylic acid groups (broad SMARTS) is 1. The lowest BCUT2D eigenvalue weighted by Gasteiger charge is -2.41. The maximum Gasteiger partial charge on any atom is 0.332 e. The Balaban J connectivity index is 2.26. The highest BCUT2D eigenvalue weighted by molar-refractivity contribution is 8.00. The van der Waals surface area contributed by atoms with Crippen molar-refractivity contribution in [3.63, 3.8) is 0 Å². The molecule has 1 aliphatic heterocycles. The highest BCUT2D eigenvalue weighted by Gasteiger charge is 2.50. The predicted octanol–water partition coefficient (Wildman–Crippen LogP) is -0.428. The highest BCUT2D eigenvalue weighted by Crippen LogP contribution is 2.43. The molecule has 2 aliphatic rings. The Morgan fingerprint density at radius 1 is 1.56 bits per heavy atom. The standard InChI is InChI=1S/C11H13NO5S/c1-4(13)17-2-5-3-18-10-7(6(5)11(15)16)9(14)8(10)12/h5,8,10H,2-3,12H2,1H3,(H,15,16)/t5?,8-,10+/m1/s1. The first kappa shape index (κ1) is 13.1. The fourth-order valence-corrected chi connectivity index (χ4v) is 3.62. The molecule has 0 aromatic heterocycles. The minimum atomic E-state index is -1.13. The summed E-state index contributed by atoms with van der Waals surface area (Å²) in [6, 6.07) is -0.603. The molecule has 2 rings (SSSR count). The Morgan fingerprint density at radius 3 is 2.78 bits per heavy atom. The number of Topliss-reactive ketones (excluding diaryl/α,β-unsaturated/α-hetero) is 1. The van der Waals surface area contributed by atoms with E-state index in [-0.39, 0.29) is 23.2 Å². The number of ketones is 1. The Morgan fingerprint density at radius 2 is 2.22 bits per heavy atom. The molecule has 1 aliphatic carbocycles. The Kier molecular flexibility index (Phi) is 3.45. The molecule has 3 atom stereocenters. The van der Waals surface area contributed by atoms with Crippen LogP contribution in [0.5, 0.6) is 0 Å². The van der Waals surface area contributed by atoms with Crippen molar-refractivity contribution in [2.45, 2.75) is 18.2 Å². The lowest BCUT2D eigenvalue weighted by Crippen LogP contribution is -2.57. The van der Waals surface area contributed by atoms with Crippen LogP contribution in [0.4, 0.5) is 0 Å². The predicted molar refractivity (Wildman–Crippen MR) is 64.0 cm³/mol. The second-order valence-electron chi connectivity index (χ2n) is 4.28. The van der Waals surface area contributed by atoms with E-state index < -0.39 is 23.9 Å². The fourth-order valence-electron chi connectivity index (χ4n) is 2.18. The number of nitrogens with two attached hydrogens (primary N) is 1. The van der Waals surface area contributed by atoms with Gasteiger partial charge < -0.3 is 15.6 Å². The zero-order chi connectivity index (χ0) is 13.4. The SMILES string of the molecule is CC(=O)OCC1CS[C@H]2C(=C1C(=O)O)C(=O)[C@H]2N. The van der Waals surface area contributed by atoms with Crippen LogP contribution in [0.25, 0.3) is 0 Å². The summed E-state index contributed by atoms with van der Waals surface area (Å²) in [6.45, 7) is 1.25. The summed E-state index contributed by atoms with van der Waals surface area (Å²) in [7, 11) is 0. The molecule has 18 heavy (non-hydrogen) atoms. The van der Waals surface area contributed by atoms with Crippen LogP contribution in [0.2, 0.25) is 0 Å². The Labute approximate surface area is 108 Å². The van der Waals surface area contributed by atoms with Gasteiger partial charge in [-0.15, -0.1) is 0 Å². The van der Waals surface area contributed by atoms with Gasteiger partial charge in [0, 0.05) is 24.2 Å². The van der Waals surface area contributed by atoms with Crippen molar-refractivity contribution >= 4 is 29.5 Å². The maximum atomic E-state index is 11.6. The summed E-state index contributed by atoms with van der Waals surface area (Å²) in [4.78, 5) is 33.6. The lowest BCUT2D eigenvalue weighted by atomic mass is 9.77. The van der Waals surface area contributed by atoms with E-state index in [1.165, 1.54) is 18.7 Å². The minimum absolute atomic E-state index is 0.0112. The number of esters is 1. The van der Waals surface area contributed by atoms with Crippen molar-refractivity contribution in [2.75, 3.05) is 12.4 Å². The number of carbonyl (C=O) groups is 3. The molecule has 3 N–H and O–H groups in total. The van der Waals surface area contributed by atoms with E-state index in [0.717, 1.165) is 0 Å². The van der Waals surface area contributed by atoms with Crippen LogP contribution < -0.4 is 5.73 Å². The summed E-state index contributed by atoms with van der Waals surface area (Å²) in [5.41, 5.74) is 5.98. The number of thioether (sulfide) groups is 1. The molecule has 0 spiro atoms. The number of aliphatic carboxylic acids is 1. The molecule has 0 saturated heterocycles. The van der Waals surface area contributed by atoms with Crippen LogP contribution in [0.1, 0.15) is 6.92 Å². The molecule has 0 aromatic carbocycles. The average molecular weight is 271 g/mol. The number of rotatable bonds is 3. The van der Waals surface area contributed by atoms with Crippen LogP contribution in [-0.2, 0) is 19.1 Å². The molecule has 6 nitrogen and oxygen atoms in total. The van der Waals surface area contributed by atoms with E-state index in [0.29, 0.717) is 11.3 Å². The van der Waals surface area contributed by atoms with Gasteiger partial charge in [0.25, 0.3) is 0 Å². The van der Waals surface area contributed by atoms with Gasteiger partial charge in [-0.05, 0) is 0 Å². The zero-order valence-electron chi connectivity index (χ0n) is 9.71. The van der Waals surface area contributed by atoms with Gasteiger partial charge in [-0.2, -0.15) is 11.8 Å². The summed E-state index contributed by atoms with van der Waals surface area (Å²) in [5, 5.41) is 8.97. The summed E-state index contributed by atoms with van der Waals surface area (Å²) in [6.07, 6.45) is 0. The van der Waals surface area contributed by atoms with Crippen LogP contribution in [0.15, 0.2) is 11.1 Å². The molecule has 98 valence electrons. The van der Waals surface area contributed by atoms with E-state index >= 15 is 0 Å². The first-order chi connectivity index (χ1) is 8.43. The first-order valence-electron chi connectivity index (χ1n) is 5.45. The van der Waals surface area contributed by atoms with Gasteiger partial charge in [0.05, 0.1) is 23.5 Å². The summed E-state index contributed by atoms with van der Waals surface area (Å²) >= 11 is 1.45. The van der Waals surface area contributed by atoms with Crippen molar-refractivity contribution in [3.05, 3.63) is 11.1 Å². The number of ether oxygens (including phenoxy) is 1. The smallest absolute Gasteiger partial charge is 0.332 e. The Hall–Kier alpha value is -1.34. The number of carboxylic acids is 1. The molecule has 7 heteroatoms. The topological polar surface area (TPSA) is 107 Å². The van der Waals surface area contributed by atoms with Gasteiger partial charge in [0.2, 0.25) is 0 Å². The van der Waals surface area contributed by atoms with Crippen molar-refractivity contribution < 1.29 is 24.2 Å². The third-order valence-electron chi connectivity index (χ3n) is 3.07. The van der Waals surface area contributed by atoms with Gasteiger partial charge in [-0.1, -0.05) is 0 Å². The molecule has 1 heterocycles. The van der Waals surface area contributed by atoms with E-state index in [1.807, 2.05) is 0 Å². The van der Waals surface area contributed by atoms with E-state index in [2.05, 4.69) is 0 Å². The van der Waals surface area contributed by atoms with Crippen LogP contribution in [0, 0.1) is 5.92 Å². The molecule has 0 aromatic rings. The maximum absolute atomic E-state index is 11.6. The molecular weight excluding hydrogens is 258 g/mol. The van der Waals surface area contributed by atoms with Crippen molar-refractivity contribution in [3.8, 4) is 0 Å². The molecular formula is C11H13NO5S. The van der Waals surface area contributed by atoms with Crippen molar-refractivity contribution in [2.24, 2.45) is 11.7 Å². The van der Waals surface area contributed by atoms with E-state index in [9.17, 15) is 19.5 Å². The Bertz CT molecular complexity index is 458. The molecule has 1 unspecified atom stereocenters. The monoisotopic (exact) mass is 271 g/mol. The zero-order valence-corrected chi connectivity index (χ0v) is 10.5. The number of hydrogen-bond acceptors (Lipinski definition) is 6. The third-order valence-corrected chi connectivity index (χ3v) is 4.56.